The van der Waals surface area contributed by atoms with Crippen LogP contribution in [0.5, 0.6) is 0 Å². The number of amides is 1. The summed E-state index contributed by atoms with van der Waals surface area (Å²) >= 11 is 0. The molecule has 0 unspecified atom stereocenters. The highest BCUT2D eigenvalue weighted by atomic mass is 16.5. The highest BCUT2D eigenvalue weighted by molar-refractivity contribution is 5.81. The molecule has 0 spiro atoms. The van der Waals surface area contributed by atoms with Crippen LogP contribution in [0.15, 0.2) is 24.3 Å². The van der Waals surface area contributed by atoms with E-state index in [0.717, 1.165) is 5.56 Å². The molecule has 18 heavy (non-hydrogen) atoms. The number of benzene rings is 1. The van der Waals surface area contributed by atoms with Crippen molar-refractivity contribution >= 4 is 11.6 Å². The second kappa shape index (κ2) is 4.98. The van der Waals surface area contributed by atoms with Crippen molar-refractivity contribution in [2.45, 2.75) is 25.8 Å². The number of nitrogen functional groups attached to an aromatic ring is 1. The third-order valence-corrected chi connectivity index (χ3v) is 3.34. The van der Waals surface area contributed by atoms with Crippen LogP contribution in [-0.4, -0.2) is 36.1 Å². The lowest BCUT2D eigenvalue weighted by molar-refractivity contribution is -0.145. The van der Waals surface area contributed by atoms with Gasteiger partial charge in [0.15, 0.2) is 0 Å². The van der Waals surface area contributed by atoms with Gasteiger partial charge in [-0.3, -0.25) is 4.79 Å². The molecule has 0 bridgehead atoms. The molecule has 98 valence electrons. The monoisotopic (exact) mass is 248 g/mol. The number of ether oxygens (including phenoxy) is 1. The van der Waals surface area contributed by atoms with Gasteiger partial charge in [0.25, 0.3) is 0 Å². The zero-order valence-electron chi connectivity index (χ0n) is 11.0. The number of anilines is 1. The van der Waals surface area contributed by atoms with Gasteiger partial charge in [-0.2, -0.15) is 0 Å². The van der Waals surface area contributed by atoms with Gasteiger partial charge >= 0.3 is 0 Å². The highest BCUT2D eigenvalue weighted by Crippen LogP contribution is 2.21. The second-order valence-corrected chi connectivity index (χ2v) is 5.29. The van der Waals surface area contributed by atoms with Crippen LogP contribution >= 0.6 is 0 Å². The van der Waals surface area contributed by atoms with Crippen LogP contribution in [0.1, 0.15) is 19.4 Å². The number of nitrogens with zero attached hydrogens (tertiary/aromatic N) is 1. The molecule has 1 aliphatic heterocycles. The molecule has 1 aromatic carbocycles. The van der Waals surface area contributed by atoms with Crippen LogP contribution < -0.4 is 5.73 Å². The third kappa shape index (κ3) is 2.64. The number of rotatable bonds is 2. The van der Waals surface area contributed by atoms with Crippen LogP contribution in [0.4, 0.5) is 5.69 Å². The van der Waals surface area contributed by atoms with Crippen molar-refractivity contribution in [1.82, 2.24) is 4.90 Å². The minimum Gasteiger partial charge on any atom is -0.398 e. The Hall–Kier alpha value is -1.55. The van der Waals surface area contributed by atoms with Gasteiger partial charge in [0.1, 0.15) is 0 Å². The smallest absolute Gasteiger partial charge is 0.227 e. The van der Waals surface area contributed by atoms with E-state index in [4.69, 9.17) is 10.5 Å². The van der Waals surface area contributed by atoms with Gasteiger partial charge < -0.3 is 15.4 Å². The summed E-state index contributed by atoms with van der Waals surface area (Å²) in [5.74, 6) is 0.112. The minimum atomic E-state index is -0.237. The van der Waals surface area contributed by atoms with Gasteiger partial charge in [-0.1, -0.05) is 18.2 Å². The predicted octanol–water partition coefficient (Wildman–Crippen LogP) is 1.45. The van der Waals surface area contributed by atoms with Crippen LogP contribution in [-0.2, 0) is 16.0 Å². The molecule has 0 aromatic heterocycles. The Kier molecular flexibility index (Phi) is 3.57. The minimum absolute atomic E-state index is 0.112. The number of carbonyl (C=O) groups excluding carboxylic acids is 1. The van der Waals surface area contributed by atoms with Crippen molar-refractivity contribution < 1.29 is 9.53 Å². The summed E-state index contributed by atoms with van der Waals surface area (Å²) in [6, 6.07) is 7.51. The maximum Gasteiger partial charge on any atom is 0.227 e. The summed E-state index contributed by atoms with van der Waals surface area (Å²) in [5.41, 5.74) is 7.20. The SMILES string of the molecule is CC1(C)COCCN1C(=O)Cc1ccccc1N. The molecule has 4 heteroatoms. The molecule has 1 aliphatic rings. The maximum absolute atomic E-state index is 12.4. The summed E-state index contributed by atoms with van der Waals surface area (Å²) in [6.45, 7) is 5.90. The van der Waals surface area contributed by atoms with Gasteiger partial charge in [-0.15, -0.1) is 0 Å². The summed E-state index contributed by atoms with van der Waals surface area (Å²) in [5, 5.41) is 0. The molecule has 1 heterocycles. The Morgan fingerprint density at radius 3 is 2.83 bits per heavy atom. The first-order valence-corrected chi connectivity index (χ1v) is 6.22. The summed E-state index contributed by atoms with van der Waals surface area (Å²) in [6.07, 6.45) is 0.357. The van der Waals surface area contributed by atoms with Crippen molar-refractivity contribution in [2.24, 2.45) is 0 Å². The van der Waals surface area contributed by atoms with E-state index in [9.17, 15) is 4.79 Å². The normalized spacial score (nSPS) is 18.7. The molecule has 0 aliphatic carbocycles. The average Bonchev–Trinajstić information content (AvgIpc) is 2.31. The highest BCUT2D eigenvalue weighted by Gasteiger charge is 2.33. The molecular weight excluding hydrogens is 228 g/mol. The van der Waals surface area contributed by atoms with E-state index < -0.39 is 0 Å². The zero-order chi connectivity index (χ0) is 13.2. The number of carbonyl (C=O) groups is 1. The lowest BCUT2D eigenvalue weighted by Crippen LogP contribution is -2.55. The first kappa shape index (κ1) is 12.9. The molecule has 0 atom stereocenters. The van der Waals surface area contributed by atoms with Crippen LogP contribution in [0.25, 0.3) is 0 Å². The Morgan fingerprint density at radius 2 is 2.17 bits per heavy atom. The molecule has 1 amide bonds. The van der Waals surface area contributed by atoms with Crippen molar-refractivity contribution in [3.05, 3.63) is 29.8 Å². The van der Waals surface area contributed by atoms with Gasteiger partial charge in [0, 0.05) is 12.2 Å². The van der Waals surface area contributed by atoms with E-state index in [-0.39, 0.29) is 11.4 Å². The lowest BCUT2D eigenvalue weighted by atomic mass is 10.0. The second-order valence-electron chi connectivity index (χ2n) is 5.29. The number of nitrogens with two attached hydrogens (primary N) is 1. The molecular formula is C14H20N2O2. The van der Waals surface area contributed by atoms with Gasteiger partial charge in [-0.25, -0.2) is 0 Å². The van der Waals surface area contributed by atoms with Crippen molar-refractivity contribution in [3.8, 4) is 0 Å². The Balaban J connectivity index is 2.10. The molecule has 1 saturated heterocycles. The fourth-order valence-corrected chi connectivity index (χ4v) is 2.27. The van der Waals surface area contributed by atoms with E-state index >= 15 is 0 Å². The van der Waals surface area contributed by atoms with Crippen molar-refractivity contribution in [1.29, 1.82) is 0 Å². The van der Waals surface area contributed by atoms with Crippen LogP contribution in [0.3, 0.4) is 0 Å². The first-order valence-electron chi connectivity index (χ1n) is 6.22. The fraction of sp³-hybridized carbons (Fsp3) is 0.500. The first-order chi connectivity index (χ1) is 8.50. The largest absolute Gasteiger partial charge is 0.398 e. The van der Waals surface area contributed by atoms with E-state index in [1.54, 1.807) is 0 Å². The molecule has 2 N–H and O–H groups in total. The van der Waals surface area contributed by atoms with E-state index in [1.807, 2.05) is 43.0 Å². The van der Waals surface area contributed by atoms with E-state index in [2.05, 4.69) is 0 Å². The number of hydrogen-bond acceptors (Lipinski definition) is 3. The Bertz CT molecular complexity index is 443. The molecule has 1 fully saturated rings. The molecule has 0 radical (unpaired) electrons. The molecule has 0 saturated carbocycles. The quantitative estimate of drug-likeness (QED) is 0.806. The van der Waals surface area contributed by atoms with Gasteiger partial charge in [0.05, 0.1) is 25.2 Å². The lowest BCUT2D eigenvalue weighted by Gasteiger charge is -2.42. The van der Waals surface area contributed by atoms with Crippen molar-refractivity contribution in [3.63, 3.8) is 0 Å². The summed E-state index contributed by atoms with van der Waals surface area (Å²) in [4.78, 5) is 14.2. The molecule has 2 rings (SSSR count). The maximum atomic E-state index is 12.4. The van der Waals surface area contributed by atoms with E-state index in [0.29, 0.717) is 31.9 Å². The summed E-state index contributed by atoms with van der Waals surface area (Å²) < 4.78 is 5.42. The molecule has 1 aromatic rings. The van der Waals surface area contributed by atoms with Crippen molar-refractivity contribution in [2.75, 3.05) is 25.5 Å². The van der Waals surface area contributed by atoms with E-state index in [1.165, 1.54) is 0 Å². The van der Waals surface area contributed by atoms with Gasteiger partial charge in [0.2, 0.25) is 5.91 Å². The predicted molar refractivity (Wildman–Crippen MR) is 71.2 cm³/mol. The number of para-hydroxylation sites is 1. The summed E-state index contributed by atoms with van der Waals surface area (Å²) in [7, 11) is 0. The standard InChI is InChI=1S/C14H20N2O2/c1-14(2)10-18-8-7-16(14)13(17)9-11-5-3-4-6-12(11)15/h3-6H,7-10,15H2,1-2H3. The zero-order valence-corrected chi connectivity index (χ0v) is 11.0. The average molecular weight is 248 g/mol. The third-order valence-electron chi connectivity index (χ3n) is 3.34. The number of hydrogen-bond donors (Lipinski definition) is 1. The fourth-order valence-electron chi connectivity index (χ4n) is 2.27. The topological polar surface area (TPSA) is 55.6 Å². The number of morpholine rings is 1. The molecule has 4 nitrogen and oxygen atoms in total. The van der Waals surface area contributed by atoms with Gasteiger partial charge in [-0.05, 0) is 25.5 Å². The Morgan fingerprint density at radius 1 is 1.44 bits per heavy atom. The Labute approximate surface area is 108 Å². The van der Waals surface area contributed by atoms with Crippen LogP contribution in [0, 0.1) is 0 Å². The van der Waals surface area contributed by atoms with Crippen LogP contribution in [0.2, 0.25) is 0 Å².